The average Bonchev–Trinajstić information content (AvgIpc) is 2.89. The van der Waals surface area contributed by atoms with Crippen molar-refractivity contribution in [2.75, 3.05) is 24.3 Å². The zero-order valence-corrected chi connectivity index (χ0v) is 11.7. The highest BCUT2D eigenvalue weighted by atomic mass is 16.5. The van der Waals surface area contributed by atoms with Crippen molar-refractivity contribution in [3.8, 4) is 0 Å². The zero-order valence-electron chi connectivity index (χ0n) is 11.7. The van der Waals surface area contributed by atoms with E-state index in [-0.39, 0.29) is 12.5 Å². The van der Waals surface area contributed by atoms with Gasteiger partial charge in [-0.1, -0.05) is 11.2 Å². The number of methoxy groups -OCH3 is 1. The number of rotatable bonds is 5. The molecule has 1 amide bonds. The fourth-order valence-electron chi connectivity index (χ4n) is 1.67. The molecule has 0 unspecified atom stereocenters. The molecule has 110 valence electrons. The Bertz CT molecular complexity index is 651. The predicted octanol–water partition coefficient (Wildman–Crippen LogP) is 1.82. The number of hydrogen-bond acceptors (Lipinski definition) is 6. The number of carbonyl (C=O) groups is 2. The van der Waals surface area contributed by atoms with E-state index >= 15 is 0 Å². The normalized spacial score (nSPS) is 10.0. The van der Waals surface area contributed by atoms with Gasteiger partial charge in [0.2, 0.25) is 5.91 Å². The topological polar surface area (TPSA) is 93.5 Å². The molecule has 0 saturated heterocycles. The van der Waals surface area contributed by atoms with Gasteiger partial charge in [0.05, 0.1) is 19.2 Å². The number of anilines is 2. The van der Waals surface area contributed by atoms with Crippen molar-refractivity contribution in [1.82, 2.24) is 5.16 Å². The molecule has 0 aliphatic heterocycles. The Kier molecular flexibility index (Phi) is 4.55. The van der Waals surface area contributed by atoms with Gasteiger partial charge in [0.25, 0.3) is 0 Å². The van der Waals surface area contributed by atoms with Gasteiger partial charge in [-0.2, -0.15) is 0 Å². The van der Waals surface area contributed by atoms with E-state index in [4.69, 9.17) is 4.52 Å². The molecular formula is C14H15N3O4. The minimum atomic E-state index is -0.429. The van der Waals surface area contributed by atoms with Crippen molar-refractivity contribution in [1.29, 1.82) is 0 Å². The monoisotopic (exact) mass is 289 g/mol. The van der Waals surface area contributed by atoms with Crippen LogP contribution >= 0.6 is 0 Å². The van der Waals surface area contributed by atoms with Crippen LogP contribution in [0.15, 0.2) is 34.9 Å². The Hall–Kier alpha value is -2.83. The molecule has 0 atom stereocenters. The predicted molar refractivity (Wildman–Crippen MR) is 76.1 cm³/mol. The minimum Gasteiger partial charge on any atom is -0.465 e. The maximum atomic E-state index is 11.7. The first-order valence-electron chi connectivity index (χ1n) is 6.24. The fraction of sp³-hybridized carbons (Fsp3) is 0.214. The van der Waals surface area contributed by atoms with Gasteiger partial charge >= 0.3 is 5.97 Å². The van der Waals surface area contributed by atoms with Crippen LogP contribution in [-0.2, 0) is 9.53 Å². The largest absolute Gasteiger partial charge is 0.465 e. The van der Waals surface area contributed by atoms with Crippen LogP contribution < -0.4 is 10.6 Å². The number of hydrogen-bond donors (Lipinski definition) is 2. The van der Waals surface area contributed by atoms with E-state index in [0.29, 0.717) is 22.8 Å². The number of nitrogens with zero attached hydrogens (tertiary/aromatic N) is 1. The standard InChI is InChI=1S/C14H15N3O4/c1-9-6-12(17-21-9)16-13(18)8-15-11-5-3-4-10(7-11)14(19)20-2/h3-7,15H,8H2,1-2H3,(H,16,17,18). The van der Waals surface area contributed by atoms with E-state index in [9.17, 15) is 9.59 Å². The van der Waals surface area contributed by atoms with Crippen LogP contribution in [0.4, 0.5) is 11.5 Å². The van der Waals surface area contributed by atoms with E-state index in [2.05, 4.69) is 20.5 Å². The van der Waals surface area contributed by atoms with Crippen molar-refractivity contribution in [3.05, 3.63) is 41.7 Å². The first-order valence-corrected chi connectivity index (χ1v) is 6.24. The maximum Gasteiger partial charge on any atom is 0.337 e. The van der Waals surface area contributed by atoms with Crippen LogP contribution in [0, 0.1) is 6.92 Å². The number of esters is 1. The lowest BCUT2D eigenvalue weighted by atomic mass is 10.2. The summed E-state index contributed by atoms with van der Waals surface area (Å²) in [4.78, 5) is 23.1. The molecule has 1 aromatic heterocycles. The van der Waals surface area contributed by atoms with Crippen molar-refractivity contribution in [2.45, 2.75) is 6.92 Å². The molecule has 0 radical (unpaired) electrons. The van der Waals surface area contributed by atoms with Gasteiger partial charge in [0.1, 0.15) is 5.76 Å². The summed E-state index contributed by atoms with van der Waals surface area (Å²) in [6, 6.07) is 8.32. The molecule has 7 heteroatoms. The Labute approximate surface area is 121 Å². The van der Waals surface area contributed by atoms with Crippen LogP contribution in [0.2, 0.25) is 0 Å². The molecule has 2 rings (SSSR count). The molecule has 0 spiro atoms. The molecule has 0 fully saturated rings. The molecule has 2 aromatic rings. The summed E-state index contributed by atoms with van der Waals surface area (Å²) in [7, 11) is 1.32. The van der Waals surface area contributed by atoms with Gasteiger partial charge < -0.3 is 19.9 Å². The Morgan fingerprint density at radius 3 is 2.81 bits per heavy atom. The summed E-state index contributed by atoms with van der Waals surface area (Å²) in [5.74, 6) is 0.277. The Balaban J connectivity index is 1.90. The number of carbonyl (C=O) groups excluding carboxylic acids is 2. The number of aryl methyl sites for hydroxylation is 1. The van der Waals surface area contributed by atoms with Crippen molar-refractivity contribution >= 4 is 23.4 Å². The third kappa shape index (κ3) is 4.07. The lowest BCUT2D eigenvalue weighted by Gasteiger charge is -2.07. The third-order valence-corrected chi connectivity index (χ3v) is 2.63. The molecular weight excluding hydrogens is 274 g/mol. The molecule has 1 heterocycles. The molecule has 2 N–H and O–H groups in total. The SMILES string of the molecule is COC(=O)c1cccc(NCC(=O)Nc2cc(C)on2)c1. The van der Waals surface area contributed by atoms with E-state index < -0.39 is 5.97 Å². The highest BCUT2D eigenvalue weighted by Gasteiger charge is 2.08. The fourth-order valence-corrected chi connectivity index (χ4v) is 1.67. The minimum absolute atomic E-state index is 0.0382. The number of ether oxygens (including phenoxy) is 1. The van der Waals surface area contributed by atoms with Gasteiger partial charge in [-0.3, -0.25) is 4.79 Å². The van der Waals surface area contributed by atoms with Crippen LogP contribution in [0.1, 0.15) is 16.1 Å². The van der Waals surface area contributed by atoms with Crippen LogP contribution in [0.5, 0.6) is 0 Å². The first-order chi connectivity index (χ1) is 10.1. The van der Waals surface area contributed by atoms with Crippen molar-refractivity contribution < 1.29 is 18.8 Å². The molecule has 1 aromatic carbocycles. The summed E-state index contributed by atoms with van der Waals surface area (Å²) in [6.07, 6.45) is 0. The zero-order chi connectivity index (χ0) is 15.2. The summed E-state index contributed by atoms with van der Waals surface area (Å²) in [6.45, 7) is 1.77. The van der Waals surface area contributed by atoms with Crippen molar-refractivity contribution in [3.63, 3.8) is 0 Å². The van der Waals surface area contributed by atoms with Gasteiger partial charge in [-0.25, -0.2) is 4.79 Å². The molecule has 0 bridgehead atoms. The molecule has 0 saturated carbocycles. The smallest absolute Gasteiger partial charge is 0.337 e. The molecule has 7 nitrogen and oxygen atoms in total. The van der Waals surface area contributed by atoms with Gasteiger partial charge in [0.15, 0.2) is 5.82 Å². The Morgan fingerprint density at radius 2 is 2.14 bits per heavy atom. The van der Waals surface area contributed by atoms with Crippen LogP contribution in [0.3, 0.4) is 0 Å². The lowest BCUT2D eigenvalue weighted by Crippen LogP contribution is -2.22. The van der Waals surface area contributed by atoms with E-state index in [1.54, 1.807) is 37.3 Å². The second-order valence-electron chi connectivity index (χ2n) is 4.30. The van der Waals surface area contributed by atoms with Crippen LogP contribution in [0.25, 0.3) is 0 Å². The molecule has 0 aliphatic carbocycles. The maximum absolute atomic E-state index is 11.7. The number of nitrogens with one attached hydrogen (secondary N) is 2. The third-order valence-electron chi connectivity index (χ3n) is 2.63. The number of aromatic nitrogens is 1. The highest BCUT2D eigenvalue weighted by molar-refractivity contribution is 5.93. The van der Waals surface area contributed by atoms with Gasteiger partial charge in [-0.15, -0.1) is 0 Å². The second kappa shape index (κ2) is 6.56. The summed E-state index contributed by atoms with van der Waals surface area (Å²) >= 11 is 0. The second-order valence-corrected chi connectivity index (χ2v) is 4.30. The molecule has 0 aliphatic rings. The number of amides is 1. The van der Waals surface area contributed by atoms with Crippen molar-refractivity contribution in [2.24, 2.45) is 0 Å². The van der Waals surface area contributed by atoms with E-state index in [1.165, 1.54) is 7.11 Å². The quantitative estimate of drug-likeness (QED) is 0.815. The summed E-state index contributed by atoms with van der Waals surface area (Å²) in [5.41, 5.74) is 1.06. The number of benzene rings is 1. The average molecular weight is 289 g/mol. The first kappa shape index (κ1) is 14.6. The van der Waals surface area contributed by atoms with Gasteiger partial charge in [-0.05, 0) is 25.1 Å². The molecule has 21 heavy (non-hydrogen) atoms. The van der Waals surface area contributed by atoms with E-state index in [1.807, 2.05) is 0 Å². The summed E-state index contributed by atoms with van der Waals surface area (Å²) in [5, 5.41) is 9.16. The van der Waals surface area contributed by atoms with Crippen LogP contribution in [-0.4, -0.2) is 30.7 Å². The van der Waals surface area contributed by atoms with E-state index in [0.717, 1.165) is 0 Å². The summed E-state index contributed by atoms with van der Waals surface area (Å²) < 4.78 is 9.48. The highest BCUT2D eigenvalue weighted by Crippen LogP contribution is 2.11. The lowest BCUT2D eigenvalue weighted by molar-refractivity contribution is -0.114. The Morgan fingerprint density at radius 1 is 1.33 bits per heavy atom. The van der Waals surface area contributed by atoms with Gasteiger partial charge in [0, 0.05) is 11.8 Å².